The standard InChI is InChI=1S/C17H17BrN2O5/c1-3-8-25-15-7-4-11(18)9-13(15)17(21)19-14-6-5-12(20(22)23)10-16(14)24-2/h4-7,9-10H,3,8H2,1-2H3,(H,19,21). The van der Waals surface area contributed by atoms with Crippen LogP contribution in [0.3, 0.4) is 0 Å². The molecule has 0 aliphatic carbocycles. The Balaban J connectivity index is 2.30. The van der Waals surface area contributed by atoms with Crippen LogP contribution in [0, 0.1) is 10.1 Å². The number of methoxy groups -OCH3 is 1. The van der Waals surface area contributed by atoms with Crippen LogP contribution in [0.15, 0.2) is 40.9 Å². The molecule has 8 heteroatoms. The quantitative estimate of drug-likeness (QED) is 0.541. The normalized spacial score (nSPS) is 10.2. The van der Waals surface area contributed by atoms with Crippen molar-refractivity contribution in [3.05, 3.63) is 56.5 Å². The number of nitrogens with zero attached hydrogens (tertiary/aromatic N) is 1. The highest BCUT2D eigenvalue weighted by Gasteiger charge is 2.17. The Morgan fingerprint density at radius 1 is 1.24 bits per heavy atom. The predicted octanol–water partition coefficient (Wildman–Crippen LogP) is 4.41. The van der Waals surface area contributed by atoms with Gasteiger partial charge in [0.2, 0.25) is 0 Å². The topological polar surface area (TPSA) is 90.7 Å². The van der Waals surface area contributed by atoms with Gasteiger partial charge in [-0.05, 0) is 30.7 Å². The lowest BCUT2D eigenvalue weighted by atomic mass is 10.1. The Morgan fingerprint density at radius 3 is 2.64 bits per heavy atom. The second-order valence-electron chi connectivity index (χ2n) is 5.08. The molecule has 1 amide bonds. The Kier molecular flexibility index (Phi) is 6.35. The molecular weight excluding hydrogens is 392 g/mol. The number of benzene rings is 2. The molecule has 0 bridgehead atoms. The molecule has 0 radical (unpaired) electrons. The first-order valence-electron chi connectivity index (χ1n) is 7.52. The first kappa shape index (κ1) is 18.7. The van der Waals surface area contributed by atoms with E-state index in [9.17, 15) is 14.9 Å². The smallest absolute Gasteiger partial charge is 0.273 e. The third-order valence-electron chi connectivity index (χ3n) is 3.29. The van der Waals surface area contributed by atoms with Gasteiger partial charge in [-0.25, -0.2) is 0 Å². The van der Waals surface area contributed by atoms with Crippen molar-refractivity contribution >= 4 is 33.2 Å². The highest BCUT2D eigenvalue weighted by Crippen LogP contribution is 2.31. The lowest BCUT2D eigenvalue weighted by Crippen LogP contribution is -2.14. The minimum atomic E-state index is -0.529. The van der Waals surface area contributed by atoms with E-state index in [4.69, 9.17) is 9.47 Å². The Labute approximate surface area is 153 Å². The van der Waals surface area contributed by atoms with E-state index in [1.165, 1.54) is 25.3 Å². The molecule has 0 fully saturated rings. The minimum absolute atomic E-state index is 0.121. The molecule has 0 spiro atoms. The van der Waals surface area contributed by atoms with Gasteiger partial charge in [0.05, 0.1) is 36.0 Å². The average Bonchev–Trinajstić information content (AvgIpc) is 2.60. The first-order valence-corrected chi connectivity index (χ1v) is 8.31. The largest absolute Gasteiger partial charge is 0.494 e. The van der Waals surface area contributed by atoms with Gasteiger partial charge in [-0.2, -0.15) is 0 Å². The second kappa shape index (κ2) is 8.48. The molecule has 132 valence electrons. The number of rotatable bonds is 7. The van der Waals surface area contributed by atoms with Crippen LogP contribution in [0.5, 0.6) is 11.5 Å². The Bertz CT molecular complexity index is 795. The lowest BCUT2D eigenvalue weighted by molar-refractivity contribution is -0.384. The Hall–Kier alpha value is -2.61. The van der Waals surface area contributed by atoms with Crippen LogP contribution in [0.25, 0.3) is 0 Å². The van der Waals surface area contributed by atoms with Gasteiger partial charge >= 0.3 is 0 Å². The van der Waals surface area contributed by atoms with Crippen molar-refractivity contribution in [3.8, 4) is 11.5 Å². The number of hydrogen-bond donors (Lipinski definition) is 1. The maximum absolute atomic E-state index is 12.6. The predicted molar refractivity (Wildman–Crippen MR) is 97.5 cm³/mol. The number of halogens is 1. The van der Waals surface area contributed by atoms with Crippen LogP contribution in [0.1, 0.15) is 23.7 Å². The molecular formula is C17H17BrN2O5. The van der Waals surface area contributed by atoms with Crippen LogP contribution in [-0.2, 0) is 0 Å². The van der Waals surface area contributed by atoms with Crippen molar-refractivity contribution in [2.75, 3.05) is 19.0 Å². The molecule has 0 atom stereocenters. The average molecular weight is 409 g/mol. The van der Waals surface area contributed by atoms with Crippen molar-refractivity contribution in [2.45, 2.75) is 13.3 Å². The summed E-state index contributed by atoms with van der Waals surface area (Å²) >= 11 is 3.34. The number of nitro benzene ring substituents is 1. The third-order valence-corrected chi connectivity index (χ3v) is 3.79. The van der Waals surface area contributed by atoms with Gasteiger partial charge < -0.3 is 14.8 Å². The van der Waals surface area contributed by atoms with Crippen molar-refractivity contribution in [1.29, 1.82) is 0 Å². The molecule has 2 aromatic carbocycles. The van der Waals surface area contributed by atoms with E-state index in [0.717, 1.165) is 10.9 Å². The summed E-state index contributed by atoms with van der Waals surface area (Å²) in [5.41, 5.74) is 0.562. The number of ether oxygens (including phenoxy) is 2. The molecule has 25 heavy (non-hydrogen) atoms. The number of nitrogens with one attached hydrogen (secondary N) is 1. The minimum Gasteiger partial charge on any atom is -0.494 e. The van der Waals surface area contributed by atoms with Gasteiger partial charge in [-0.3, -0.25) is 14.9 Å². The van der Waals surface area contributed by atoms with Crippen molar-refractivity contribution in [1.82, 2.24) is 0 Å². The summed E-state index contributed by atoms with van der Waals surface area (Å²) < 4.78 is 11.5. The molecule has 0 aliphatic heterocycles. The number of nitro groups is 1. The molecule has 0 saturated heterocycles. The van der Waals surface area contributed by atoms with E-state index in [1.54, 1.807) is 18.2 Å². The number of hydrogen-bond acceptors (Lipinski definition) is 5. The van der Waals surface area contributed by atoms with E-state index in [-0.39, 0.29) is 11.4 Å². The molecule has 2 rings (SSSR count). The third kappa shape index (κ3) is 4.69. The molecule has 1 N–H and O–H groups in total. The van der Waals surface area contributed by atoms with Crippen molar-refractivity contribution in [2.24, 2.45) is 0 Å². The molecule has 0 heterocycles. The summed E-state index contributed by atoms with van der Waals surface area (Å²) in [5, 5.41) is 13.5. The zero-order valence-electron chi connectivity index (χ0n) is 13.7. The van der Waals surface area contributed by atoms with E-state index < -0.39 is 10.8 Å². The fourth-order valence-corrected chi connectivity index (χ4v) is 2.47. The van der Waals surface area contributed by atoms with Gasteiger partial charge in [0.1, 0.15) is 11.5 Å². The summed E-state index contributed by atoms with van der Waals surface area (Å²) in [6.07, 6.45) is 0.813. The number of amides is 1. The van der Waals surface area contributed by atoms with E-state index in [2.05, 4.69) is 21.2 Å². The number of non-ortho nitro benzene ring substituents is 1. The number of anilines is 1. The molecule has 0 unspecified atom stereocenters. The fraction of sp³-hybridized carbons (Fsp3) is 0.235. The van der Waals surface area contributed by atoms with Crippen molar-refractivity contribution < 1.29 is 19.2 Å². The van der Waals surface area contributed by atoms with Gasteiger partial charge in [0, 0.05) is 10.5 Å². The van der Waals surface area contributed by atoms with E-state index in [1.807, 2.05) is 6.92 Å². The van der Waals surface area contributed by atoms with Crippen LogP contribution in [0.2, 0.25) is 0 Å². The molecule has 0 aromatic heterocycles. The maximum Gasteiger partial charge on any atom is 0.273 e. The van der Waals surface area contributed by atoms with Crippen LogP contribution < -0.4 is 14.8 Å². The summed E-state index contributed by atoms with van der Waals surface area (Å²) in [5.74, 6) is 0.261. The van der Waals surface area contributed by atoms with Crippen LogP contribution in [-0.4, -0.2) is 24.5 Å². The Morgan fingerprint density at radius 2 is 2.00 bits per heavy atom. The van der Waals surface area contributed by atoms with Crippen LogP contribution in [0.4, 0.5) is 11.4 Å². The summed E-state index contributed by atoms with van der Waals surface area (Å²) in [7, 11) is 1.38. The second-order valence-corrected chi connectivity index (χ2v) is 6.00. The van der Waals surface area contributed by atoms with Gasteiger partial charge in [0.15, 0.2) is 0 Å². The molecule has 2 aromatic rings. The number of carbonyl (C=O) groups excluding carboxylic acids is 1. The van der Waals surface area contributed by atoms with Gasteiger partial charge in [-0.15, -0.1) is 0 Å². The van der Waals surface area contributed by atoms with E-state index >= 15 is 0 Å². The summed E-state index contributed by atoms with van der Waals surface area (Å²) in [6, 6.07) is 9.13. The summed E-state index contributed by atoms with van der Waals surface area (Å²) in [4.78, 5) is 23.0. The first-order chi connectivity index (χ1) is 12.0. The monoisotopic (exact) mass is 408 g/mol. The van der Waals surface area contributed by atoms with E-state index in [0.29, 0.717) is 23.6 Å². The lowest BCUT2D eigenvalue weighted by Gasteiger charge is -2.13. The molecule has 0 saturated carbocycles. The highest BCUT2D eigenvalue weighted by molar-refractivity contribution is 9.10. The number of carbonyl (C=O) groups is 1. The zero-order valence-corrected chi connectivity index (χ0v) is 15.3. The SMILES string of the molecule is CCCOc1ccc(Br)cc1C(=O)Nc1ccc([N+](=O)[O-])cc1OC. The maximum atomic E-state index is 12.6. The highest BCUT2D eigenvalue weighted by atomic mass is 79.9. The zero-order chi connectivity index (χ0) is 18.4. The molecule has 7 nitrogen and oxygen atoms in total. The van der Waals surface area contributed by atoms with Gasteiger partial charge in [0.25, 0.3) is 11.6 Å². The molecule has 0 aliphatic rings. The van der Waals surface area contributed by atoms with Crippen molar-refractivity contribution in [3.63, 3.8) is 0 Å². The van der Waals surface area contributed by atoms with Crippen LogP contribution >= 0.6 is 15.9 Å². The summed E-state index contributed by atoms with van der Waals surface area (Å²) in [6.45, 7) is 2.46. The fourth-order valence-electron chi connectivity index (χ4n) is 2.10. The van der Waals surface area contributed by atoms with Gasteiger partial charge in [-0.1, -0.05) is 22.9 Å².